The van der Waals surface area contributed by atoms with Gasteiger partial charge in [0, 0.05) is 26.2 Å². The number of carbonyl (C=O) groups is 1. The quantitative estimate of drug-likeness (QED) is 0.866. The lowest BCUT2D eigenvalue weighted by molar-refractivity contribution is 0.0622. The minimum atomic E-state index is 0.100. The molecule has 5 heteroatoms. The highest BCUT2D eigenvalue weighted by Gasteiger charge is 2.30. The number of imidazole rings is 1. The summed E-state index contributed by atoms with van der Waals surface area (Å²) in [5.74, 6) is 0.643. The molecule has 2 unspecified atom stereocenters. The first-order valence-electron chi connectivity index (χ1n) is 6.60. The number of aryl methyl sites for hydroxylation is 1. The van der Waals surface area contributed by atoms with Gasteiger partial charge < -0.3 is 14.8 Å². The molecule has 0 aromatic carbocycles. The molecule has 5 nitrogen and oxygen atoms in total. The van der Waals surface area contributed by atoms with Gasteiger partial charge in [-0.3, -0.25) is 4.79 Å². The molecule has 2 heterocycles. The van der Waals surface area contributed by atoms with Crippen LogP contribution in [0.1, 0.15) is 30.3 Å². The lowest BCUT2D eigenvalue weighted by Crippen LogP contribution is -2.50. The van der Waals surface area contributed by atoms with E-state index in [9.17, 15) is 4.79 Å². The Morgan fingerprint density at radius 1 is 1.61 bits per heavy atom. The van der Waals surface area contributed by atoms with E-state index in [0.29, 0.717) is 17.7 Å². The van der Waals surface area contributed by atoms with Gasteiger partial charge in [0.15, 0.2) is 0 Å². The van der Waals surface area contributed by atoms with Crippen LogP contribution in [0.3, 0.4) is 0 Å². The van der Waals surface area contributed by atoms with Crippen LogP contribution in [0, 0.1) is 5.92 Å². The van der Waals surface area contributed by atoms with E-state index >= 15 is 0 Å². The summed E-state index contributed by atoms with van der Waals surface area (Å²) in [7, 11) is 3.86. The standard InChI is InChI=1S/C13H22N4O/c1-4-10-8-17(6-5-11(10)14-2)13(18)12-7-15-9-16(12)3/h7,9-11,14H,4-6,8H2,1-3H3. The molecule has 2 rings (SSSR count). The number of rotatable bonds is 3. The van der Waals surface area contributed by atoms with Crippen LogP contribution in [0.15, 0.2) is 12.5 Å². The van der Waals surface area contributed by atoms with Crippen molar-refractivity contribution in [3.63, 3.8) is 0 Å². The Kier molecular flexibility index (Phi) is 4.01. The fourth-order valence-corrected chi connectivity index (χ4v) is 2.74. The fourth-order valence-electron chi connectivity index (χ4n) is 2.74. The van der Waals surface area contributed by atoms with Crippen molar-refractivity contribution in [1.29, 1.82) is 0 Å². The Hall–Kier alpha value is -1.36. The predicted molar refractivity (Wildman–Crippen MR) is 70.4 cm³/mol. The number of nitrogens with one attached hydrogen (secondary N) is 1. The van der Waals surface area contributed by atoms with E-state index in [1.807, 2.05) is 19.0 Å². The molecule has 0 radical (unpaired) electrons. The Bertz CT molecular complexity index is 415. The van der Waals surface area contributed by atoms with E-state index in [0.717, 1.165) is 25.9 Å². The number of carbonyl (C=O) groups excluding carboxylic acids is 1. The average Bonchev–Trinajstić information content (AvgIpc) is 2.83. The average molecular weight is 250 g/mol. The van der Waals surface area contributed by atoms with Crippen LogP contribution in [0.25, 0.3) is 0 Å². The first kappa shape index (κ1) is 13.1. The van der Waals surface area contributed by atoms with Crippen molar-refractivity contribution in [2.45, 2.75) is 25.8 Å². The van der Waals surface area contributed by atoms with Gasteiger partial charge in [0.2, 0.25) is 0 Å². The van der Waals surface area contributed by atoms with E-state index in [-0.39, 0.29) is 5.91 Å². The van der Waals surface area contributed by atoms with Crippen LogP contribution in [0.5, 0.6) is 0 Å². The van der Waals surface area contributed by atoms with E-state index in [4.69, 9.17) is 0 Å². The molecule has 1 fully saturated rings. The Balaban J connectivity index is 2.07. The number of amides is 1. The zero-order valence-electron chi connectivity index (χ0n) is 11.4. The molecule has 1 aliphatic heterocycles. The summed E-state index contributed by atoms with van der Waals surface area (Å²) < 4.78 is 1.79. The molecule has 18 heavy (non-hydrogen) atoms. The second-order valence-electron chi connectivity index (χ2n) is 4.99. The maximum atomic E-state index is 12.4. The Labute approximate surface area is 108 Å². The molecule has 2 atom stereocenters. The summed E-state index contributed by atoms with van der Waals surface area (Å²) in [6.45, 7) is 3.85. The van der Waals surface area contributed by atoms with Gasteiger partial charge in [-0.15, -0.1) is 0 Å². The van der Waals surface area contributed by atoms with Gasteiger partial charge in [0.25, 0.3) is 5.91 Å². The van der Waals surface area contributed by atoms with E-state index < -0.39 is 0 Å². The summed E-state index contributed by atoms with van der Waals surface area (Å²) in [6.07, 6.45) is 5.44. The minimum absolute atomic E-state index is 0.100. The molecule has 1 aromatic rings. The summed E-state index contributed by atoms with van der Waals surface area (Å²) >= 11 is 0. The molecular formula is C13H22N4O. The van der Waals surface area contributed by atoms with Crippen LogP contribution in [-0.4, -0.2) is 46.5 Å². The number of piperidine rings is 1. The van der Waals surface area contributed by atoms with Crippen molar-refractivity contribution in [2.24, 2.45) is 13.0 Å². The molecular weight excluding hydrogens is 228 g/mol. The van der Waals surface area contributed by atoms with Crippen LogP contribution in [0.4, 0.5) is 0 Å². The second kappa shape index (κ2) is 5.52. The topological polar surface area (TPSA) is 50.2 Å². The van der Waals surface area contributed by atoms with Gasteiger partial charge in [-0.25, -0.2) is 4.98 Å². The lowest BCUT2D eigenvalue weighted by Gasteiger charge is -2.38. The molecule has 0 bridgehead atoms. The van der Waals surface area contributed by atoms with Crippen molar-refractivity contribution in [3.8, 4) is 0 Å². The first-order valence-corrected chi connectivity index (χ1v) is 6.60. The van der Waals surface area contributed by atoms with Gasteiger partial charge in [0.05, 0.1) is 12.5 Å². The highest BCUT2D eigenvalue weighted by atomic mass is 16.2. The van der Waals surface area contributed by atoms with Crippen molar-refractivity contribution >= 4 is 5.91 Å². The molecule has 1 aliphatic rings. The second-order valence-corrected chi connectivity index (χ2v) is 4.99. The maximum Gasteiger partial charge on any atom is 0.272 e. The summed E-state index contributed by atoms with van der Waals surface area (Å²) in [5.41, 5.74) is 0.674. The number of nitrogens with zero attached hydrogens (tertiary/aromatic N) is 3. The Morgan fingerprint density at radius 3 is 2.94 bits per heavy atom. The van der Waals surface area contributed by atoms with Crippen molar-refractivity contribution in [1.82, 2.24) is 19.8 Å². The monoisotopic (exact) mass is 250 g/mol. The molecule has 0 aliphatic carbocycles. The molecule has 100 valence electrons. The molecule has 1 amide bonds. The van der Waals surface area contributed by atoms with E-state index in [1.165, 1.54) is 0 Å². The minimum Gasteiger partial charge on any atom is -0.337 e. The fraction of sp³-hybridized carbons (Fsp3) is 0.692. The van der Waals surface area contributed by atoms with Crippen molar-refractivity contribution in [3.05, 3.63) is 18.2 Å². The van der Waals surface area contributed by atoms with Crippen molar-refractivity contribution in [2.75, 3.05) is 20.1 Å². The van der Waals surface area contributed by atoms with Gasteiger partial charge >= 0.3 is 0 Å². The number of likely N-dealkylation sites (tertiary alicyclic amines) is 1. The zero-order chi connectivity index (χ0) is 13.1. The molecule has 0 saturated carbocycles. The zero-order valence-corrected chi connectivity index (χ0v) is 11.4. The van der Waals surface area contributed by atoms with Crippen molar-refractivity contribution < 1.29 is 4.79 Å². The van der Waals surface area contributed by atoms with Gasteiger partial charge in [-0.05, 0) is 19.4 Å². The lowest BCUT2D eigenvalue weighted by atomic mass is 9.90. The molecule has 1 N–H and O–H groups in total. The molecule has 1 aromatic heterocycles. The van der Waals surface area contributed by atoms with E-state index in [1.54, 1.807) is 17.1 Å². The summed E-state index contributed by atoms with van der Waals surface area (Å²) in [4.78, 5) is 18.4. The smallest absolute Gasteiger partial charge is 0.272 e. The summed E-state index contributed by atoms with van der Waals surface area (Å²) in [5, 5.41) is 3.36. The first-order chi connectivity index (χ1) is 8.67. The largest absolute Gasteiger partial charge is 0.337 e. The van der Waals surface area contributed by atoms with E-state index in [2.05, 4.69) is 17.2 Å². The number of hydrogen-bond acceptors (Lipinski definition) is 3. The predicted octanol–water partition coefficient (Wildman–Crippen LogP) is 0.880. The van der Waals surface area contributed by atoms with Crippen LogP contribution in [0.2, 0.25) is 0 Å². The Morgan fingerprint density at radius 2 is 2.39 bits per heavy atom. The maximum absolute atomic E-state index is 12.4. The number of hydrogen-bond donors (Lipinski definition) is 1. The SMILES string of the molecule is CCC1CN(C(=O)c2cncn2C)CCC1NC. The van der Waals surface area contributed by atoms with Gasteiger partial charge in [-0.1, -0.05) is 13.3 Å². The highest BCUT2D eigenvalue weighted by Crippen LogP contribution is 2.21. The van der Waals surface area contributed by atoms with Crippen LogP contribution < -0.4 is 5.32 Å². The highest BCUT2D eigenvalue weighted by molar-refractivity contribution is 5.92. The third-order valence-electron chi connectivity index (χ3n) is 3.95. The van der Waals surface area contributed by atoms with Gasteiger partial charge in [0.1, 0.15) is 5.69 Å². The summed E-state index contributed by atoms with van der Waals surface area (Å²) in [6, 6.07) is 0.533. The number of aromatic nitrogens is 2. The molecule has 0 spiro atoms. The third kappa shape index (κ3) is 2.41. The van der Waals surface area contributed by atoms with Crippen LogP contribution >= 0.6 is 0 Å². The molecule has 1 saturated heterocycles. The van der Waals surface area contributed by atoms with Crippen LogP contribution in [-0.2, 0) is 7.05 Å². The van der Waals surface area contributed by atoms with Gasteiger partial charge in [-0.2, -0.15) is 0 Å². The normalized spacial score (nSPS) is 24.3. The third-order valence-corrected chi connectivity index (χ3v) is 3.95.